The van der Waals surface area contributed by atoms with Crippen LogP contribution in [0.1, 0.15) is 29.7 Å². The van der Waals surface area contributed by atoms with Crippen molar-refractivity contribution in [1.29, 1.82) is 0 Å². The predicted molar refractivity (Wildman–Crippen MR) is 82.1 cm³/mol. The maximum absolute atomic E-state index is 11.4. The summed E-state index contributed by atoms with van der Waals surface area (Å²) in [5.41, 5.74) is 4.61. The zero-order chi connectivity index (χ0) is 15.1. The van der Waals surface area contributed by atoms with Gasteiger partial charge in [-0.05, 0) is 36.9 Å². The van der Waals surface area contributed by atoms with Gasteiger partial charge in [0, 0.05) is 42.8 Å². The van der Waals surface area contributed by atoms with Crippen LogP contribution >= 0.6 is 0 Å². The van der Waals surface area contributed by atoms with Crippen molar-refractivity contribution in [3.8, 4) is 0 Å². The lowest BCUT2D eigenvalue weighted by Gasteiger charge is -2.10. The number of hydrogen-bond donors (Lipinski definition) is 2. The summed E-state index contributed by atoms with van der Waals surface area (Å²) in [6.45, 7) is 5.13. The molecule has 1 aliphatic rings. The van der Waals surface area contributed by atoms with Gasteiger partial charge in [-0.25, -0.2) is 0 Å². The van der Waals surface area contributed by atoms with Crippen LogP contribution in [-0.4, -0.2) is 34.1 Å². The van der Waals surface area contributed by atoms with E-state index in [4.69, 9.17) is 0 Å². The Hall–Kier alpha value is -1.85. The number of carbonyl (C=O) groups is 1. The second-order valence-electron chi connectivity index (χ2n) is 5.70. The van der Waals surface area contributed by atoms with Gasteiger partial charge in [-0.15, -0.1) is 0 Å². The summed E-state index contributed by atoms with van der Waals surface area (Å²) in [7, 11) is 3.66. The molecular formula is C16H21N3O2. The number of carboxylic acid groups (broad SMARTS) is 1. The third-order valence-corrected chi connectivity index (χ3v) is 4.42. The normalized spacial score (nSPS) is 16.3. The molecule has 3 rings (SSSR count). The van der Waals surface area contributed by atoms with Crippen molar-refractivity contribution in [2.75, 3.05) is 13.6 Å². The lowest BCUT2D eigenvalue weighted by atomic mass is 10.0. The zero-order valence-corrected chi connectivity index (χ0v) is 12.7. The van der Waals surface area contributed by atoms with Crippen molar-refractivity contribution in [3.05, 3.63) is 35.0 Å². The van der Waals surface area contributed by atoms with Crippen LogP contribution in [0.25, 0.3) is 10.9 Å². The molecule has 1 aromatic carbocycles. The van der Waals surface area contributed by atoms with Crippen LogP contribution in [-0.2, 0) is 24.9 Å². The molecule has 0 amide bonds. The molecule has 0 bridgehead atoms. The molecule has 1 aromatic heterocycles. The Bertz CT molecular complexity index is 705. The molecule has 0 aliphatic carbocycles. The van der Waals surface area contributed by atoms with Crippen molar-refractivity contribution in [3.63, 3.8) is 0 Å². The highest BCUT2D eigenvalue weighted by Crippen LogP contribution is 2.32. The minimum atomic E-state index is -0.847. The zero-order valence-electron chi connectivity index (χ0n) is 12.7. The van der Waals surface area contributed by atoms with E-state index in [-0.39, 0.29) is 0 Å². The number of hydrogen-bond acceptors (Lipinski definition) is 3. The van der Waals surface area contributed by atoms with Crippen LogP contribution in [0.15, 0.2) is 18.3 Å². The van der Waals surface area contributed by atoms with Crippen LogP contribution in [0.3, 0.4) is 0 Å². The molecule has 1 atom stereocenters. The molecule has 21 heavy (non-hydrogen) atoms. The third kappa shape index (κ3) is 2.22. The average molecular weight is 287 g/mol. The van der Waals surface area contributed by atoms with Crippen molar-refractivity contribution in [2.45, 2.75) is 26.1 Å². The fourth-order valence-electron chi connectivity index (χ4n) is 3.24. The Balaban J connectivity index is 2.15. The molecule has 2 heterocycles. The van der Waals surface area contributed by atoms with E-state index in [0.29, 0.717) is 0 Å². The highest BCUT2D eigenvalue weighted by molar-refractivity contribution is 5.90. The van der Waals surface area contributed by atoms with Gasteiger partial charge >= 0.3 is 5.97 Å². The second-order valence-corrected chi connectivity index (χ2v) is 5.70. The van der Waals surface area contributed by atoms with E-state index in [2.05, 4.69) is 29.3 Å². The van der Waals surface area contributed by atoms with E-state index in [1.807, 2.05) is 17.8 Å². The summed E-state index contributed by atoms with van der Waals surface area (Å²) in [5.74, 6) is -0.847. The van der Waals surface area contributed by atoms with Gasteiger partial charge in [-0.3, -0.25) is 9.69 Å². The Morgan fingerprint density at radius 2 is 2.05 bits per heavy atom. The van der Waals surface area contributed by atoms with E-state index in [1.54, 1.807) is 7.05 Å². The molecule has 0 saturated carbocycles. The number of fused-ring (bicyclic) bond motifs is 2. The lowest BCUT2D eigenvalue weighted by molar-refractivity contribution is -0.139. The van der Waals surface area contributed by atoms with Crippen molar-refractivity contribution in [1.82, 2.24) is 14.8 Å². The standard InChI is InChI=1S/C16H21N3O2/c1-4-19-7-10-5-12-13(15(17-2)16(20)21)9-18(3)14(12)6-11(10)8-19/h5-6,9,15,17H,4,7-8H2,1-3H3,(H,20,21). The largest absolute Gasteiger partial charge is 0.480 e. The molecule has 1 aliphatic heterocycles. The molecule has 2 N–H and O–H groups in total. The van der Waals surface area contributed by atoms with E-state index in [9.17, 15) is 9.90 Å². The Kier molecular flexibility index (Phi) is 3.47. The van der Waals surface area contributed by atoms with Gasteiger partial charge in [0.15, 0.2) is 0 Å². The number of nitrogens with zero attached hydrogens (tertiary/aromatic N) is 2. The summed E-state index contributed by atoms with van der Waals surface area (Å²) in [4.78, 5) is 13.8. The first-order valence-electron chi connectivity index (χ1n) is 7.28. The molecule has 5 heteroatoms. The predicted octanol–water partition coefficient (Wildman–Crippen LogP) is 1.86. The van der Waals surface area contributed by atoms with Crippen LogP contribution in [0.2, 0.25) is 0 Å². The molecule has 2 aromatic rings. The SMILES string of the molecule is CCN1Cc2cc3c(C(NC)C(=O)O)cn(C)c3cc2C1. The third-order valence-electron chi connectivity index (χ3n) is 4.42. The topological polar surface area (TPSA) is 57.5 Å². The summed E-state index contributed by atoms with van der Waals surface area (Å²) < 4.78 is 2.02. The van der Waals surface area contributed by atoms with E-state index in [0.717, 1.165) is 36.1 Å². The first-order valence-corrected chi connectivity index (χ1v) is 7.28. The van der Waals surface area contributed by atoms with Crippen LogP contribution < -0.4 is 5.32 Å². The number of aliphatic carboxylic acids is 1. The van der Waals surface area contributed by atoms with Gasteiger partial charge < -0.3 is 15.0 Å². The van der Waals surface area contributed by atoms with Crippen molar-refractivity contribution >= 4 is 16.9 Å². The maximum Gasteiger partial charge on any atom is 0.325 e. The van der Waals surface area contributed by atoms with Crippen LogP contribution in [0.4, 0.5) is 0 Å². The Labute approximate surface area is 124 Å². The van der Waals surface area contributed by atoms with Gasteiger partial charge in [0.2, 0.25) is 0 Å². The number of aryl methyl sites for hydroxylation is 1. The minimum Gasteiger partial charge on any atom is -0.480 e. The Morgan fingerprint density at radius 3 is 2.62 bits per heavy atom. The van der Waals surface area contributed by atoms with E-state index < -0.39 is 12.0 Å². The quantitative estimate of drug-likeness (QED) is 0.901. The summed E-state index contributed by atoms with van der Waals surface area (Å²) in [6, 6.07) is 3.71. The van der Waals surface area contributed by atoms with Crippen molar-refractivity contribution < 1.29 is 9.90 Å². The number of nitrogens with one attached hydrogen (secondary N) is 1. The number of carboxylic acids is 1. The molecular weight excluding hydrogens is 266 g/mol. The molecule has 0 saturated heterocycles. The summed E-state index contributed by atoms with van der Waals surface area (Å²) in [6.07, 6.45) is 1.92. The van der Waals surface area contributed by atoms with E-state index >= 15 is 0 Å². The smallest absolute Gasteiger partial charge is 0.325 e. The van der Waals surface area contributed by atoms with Gasteiger partial charge in [0.25, 0.3) is 0 Å². The molecule has 1 unspecified atom stereocenters. The lowest BCUT2D eigenvalue weighted by Crippen LogP contribution is -2.24. The van der Waals surface area contributed by atoms with Gasteiger partial charge in [0.05, 0.1) is 0 Å². The Morgan fingerprint density at radius 1 is 1.38 bits per heavy atom. The number of rotatable bonds is 4. The maximum atomic E-state index is 11.4. The fraction of sp³-hybridized carbons (Fsp3) is 0.438. The summed E-state index contributed by atoms with van der Waals surface area (Å²) in [5, 5.41) is 13.3. The number of likely N-dealkylation sites (N-methyl/N-ethyl adjacent to an activating group) is 1. The number of benzene rings is 1. The average Bonchev–Trinajstić information content (AvgIpc) is 2.99. The molecule has 112 valence electrons. The van der Waals surface area contributed by atoms with Gasteiger partial charge in [-0.2, -0.15) is 0 Å². The molecule has 0 spiro atoms. The minimum absolute atomic E-state index is 0.671. The molecule has 0 fully saturated rings. The first kappa shape index (κ1) is 14.1. The van der Waals surface area contributed by atoms with E-state index in [1.165, 1.54) is 11.1 Å². The highest BCUT2D eigenvalue weighted by Gasteiger charge is 2.25. The van der Waals surface area contributed by atoms with Crippen LogP contribution in [0.5, 0.6) is 0 Å². The number of aromatic nitrogens is 1. The summed E-state index contributed by atoms with van der Waals surface area (Å²) >= 11 is 0. The van der Waals surface area contributed by atoms with Gasteiger partial charge in [0.1, 0.15) is 6.04 Å². The fourth-order valence-corrected chi connectivity index (χ4v) is 3.24. The molecule has 0 radical (unpaired) electrons. The second kappa shape index (κ2) is 5.16. The monoisotopic (exact) mass is 287 g/mol. The van der Waals surface area contributed by atoms with Crippen molar-refractivity contribution in [2.24, 2.45) is 7.05 Å². The van der Waals surface area contributed by atoms with Crippen LogP contribution in [0, 0.1) is 0 Å². The highest BCUT2D eigenvalue weighted by atomic mass is 16.4. The first-order chi connectivity index (χ1) is 10.0. The van der Waals surface area contributed by atoms with Gasteiger partial charge in [-0.1, -0.05) is 6.92 Å². The molecule has 5 nitrogen and oxygen atoms in total.